The Morgan fingerprint density at radius 1 is 1.10 bits per heavy atom. The summed E-state index contributed by atoms with van der Waals surface area (Å²) in [5.41, 5.74) is 3.79. The van der Waals surface area contributed by atoms with Gasteiger partial charge in [-0.05, 0) is 29.9 Å². The molecule has 0 aliphatic heterocycles. The van der Waals surface area contributed by atoms with Crippen molar-refractivity contribution in [3.05, 3.63) is 29.3 Å². The van der Waals surface area contributed by atoms with E-state index in [0.717, 1.165) is 12.8 Å². The molecular formula is C17H29NO2. The van der Waals surface area contributed by atoms with Gasteiger partial charge in [-0.3, -0.25) is 0 Å². The van der Waals surface area contributed by atoms with Crippen molar-refractivity contribution in [2.24, 2.45) is 5.92 Å². The number of nitrogens with one attached hydrogen (secondary N) is 1. The molecule has 1 rings (SSSR count). The Hall–Kier alpha value is -1.06. The molecule has 1 unspecified atom stereocenters. The molecule has 3 nitrogen and oxygen atoms in total. The van der Waals surface area contributed by atoms with E-state index in [9.17, 15) is 5.11 Å². The quantitative estimate of drug-likeness (QED) is 0.729. The van der Waals surface area contributed by atoms with E-state index in [1.165, 1.54) is 16.8 Å². The molecule has 0 aliphatic carbocycles. The molecule has 20 heavy (non-hydrogen) atoms. The highest BCUT2D eigenvalue weighted by molar-refractivity contribution is 5.57. The Morgan fingerprint density at radius 3 is 2.20 bits per heavy atom. The van der Waals surface area contributed by atoms with Crippen LogP contribution in [0.15, 0.2) is 18.2 Å². The Kier molecular flexibility index (Phi) is 7.63. The van der Waals surface area contributed by atoms with Crippen LogP contribution in [0.25, 0.3) is 0 Å². The van der Waals surface area contributed by atoms with Gasteiger partial charge in [0.25, 0.3) is 0 Å². The van der Waals surface area contributed by atoms with E-state index in [4.69, 9.17) is 4.74 Å². The van der Waals surface area contributed by atoms with Crippen LogP contribution in [0.4, 0.5) is 5.69 Å². The normalized spacial score (nSPS) is 12.7. The molecule has 0 saturated heterocycles. The monoisotopic (exact) mass is 279 g/mol. The van der Waals surface area contributed by atoms with Crippen LogP contribution in [-0.4, -0.2) is 31.0 Å². The zero-order valence-corrected chi connectivity index (χ0v) is 13.3. The van der Waals surface area contributed by atoms with E-state index >= 15 is 0 Å². The Labute approximate surface area is 123 Å². The first-order valence-corrected chi connectivity index (χ1v) is 7.68. The first kappa shape index (κ1) is 17.0. The molecule has 0 radical (unpaired) electrons. The summed E-state index contributed by atoms with van der Waals surface area (Å²) in [6.07, 6.45) is 1.52. The lowest BCUT2D eigenvalue weighted by molar-refractivity contribution is 0.0318. The lowest BCUT2D eigenvalue weighted by Gasteiger charge is -2.18. The summed E-state index contributed by atoms with van der Waals surface area (Å²) >= 11 is 0. The predicted octanol–water partition coefficient (Wildman–Crippen LogP) is 3.26. The van der Waals surface area contributed by atoms with Gasteiger partial charge in [-0.1, -0.05) is 45.9 Å². The molecule has 3 heteroatoms. The Morgan fingerprint density at radius 2 is 1.70 bits per heavy atom. The van der Waals surface area contributed by atoms with Crippen LogP contribution in [0, 0.1) is 5.92 Å². The number of ether oxygens (including phenoxy) is 1. The number of rotatable bonds is 9. The molecule has 0 saturated carbocycles. The van der Waals surface area contributed by atoms with Crippen LogP contribution in [0.1, 0.15) is 38.8 Å². The number of hydrogen-bond acceptors (Lipinski definition) is 3. The van der Waals surface area contributed by atoms with Crippen LogP contribution in [0.2, 0.25) is 0 Å². The van der Waals surface area contributed by atoms with Gasteiger partial charge in [-0.25, -0.2) is 0 Å². The summed E-state index contributed by atoms with van der Waals surface area (Å²) in [4.78, 5) is 0. The summed E-state index contributed by atoms with van der Waals surface area (Å²) in [6, 6.07) is 6.39. The maximum absolute atomic E-state index is 9.96. The van der Waals surface area contributed by atoms with Crippen LogP contribution in [0.3, 0.4) is 0 Å². The number of hydrogen-bond donors (Lipinski definition) is 2. The van der Waals surface area contributed by atoms with E-state index in [0.29, 0.717) is 25.7 Å². The van der Waals surface area contributed by atoms with Crippen molar-refractivity contribution in [3.8, 4) is 0 Å². The van der Waals surface area contributed by atoms with E-state index in [1.54, 1.807) is 0 Å². The highest BCUT2D eigenvalue weighted by atomic mass is 16.5. The summed E-state index contributed by atoms with van der Waals surface area (Å²) in [5, 5.41) is 13.4. The highest BCUT2D eigenvalue weighted by Crippen LogP contribution is 2.22. The highest BCUT2D eigenvalue weighted by Gasteiger charge is 2.09. The van der Waals surface area contributed by atoms with Gasteiger partial charge in [0, 0.05) is 18.8 Å². The Balaban J connectivity index is 2.52. The third-order valence-corrected chi connectivity index (χ3v) is 3.27. The molecule has 114 valence electrons. The standard InChI is InChI=1S/C17H29NO2/c1-5-14-8-7-9-15(6-2)17(14)18-10-16(19)12-20-11-13(3)4/h7-9,13,16,18-19H,5-6,10-12H2,1-4H3. The third-order valence-electron chi connectivity index (χ3n) is 3.27. The van der Waals surface area contributed by atoms with Gasteiger partial charge in [0.15, 0.2) is 0 Å². The minimum atomic E-state index is -0.469. The fourth-order valence-electron chi connectivity index (χ4n) is 2.19. The molecule has 0 spiro atoms. The van der Waals surface area contributed by atoms with Crippen molar-refractivity contribution in [2.45, 2.75) is 46.6 Å². The lowest BCUT2D eigenvalue weighted by atomic mass is 10.0. The molecule has 1 atom stereocenters. The van der Waals surface area contributed by atoms with Crippen LogP contribution >= 0.6 is 0 Å². The second-order valence-corrected chi connectivity index (χ2v) is 5.62. The summed E-state index contributed by atoms with van der Waals surface area (Å²) in [6.45, 7) is 10.1. The molecule has 0 heterocycles. The zero-order chi connectivity index (χ0) is 15.0. The van der Waals surface area contributed by atoms with Gasteiger partial charge in [0.05, 0.1) is 12.7 Å². The first-order valence-electron chi connectivity index (χ1n) is 7.68. The second-order valence-electron chi connectivity index (χ2n) is 5.62. The van der Waals surface area contributed by atoms with E-state index in [-0.39, 0.29) is 0 Å². The van der Waals surface area contributed by atoms with E-state index in [2.05, 4.69) is 51.2 Å². The first-order chi connectivity index (χ1) is 9.58. The lowest BCUT2D eigenvalue weighted by Crippen LogP contribution is -2.26. The van der Waals surface area contributed by atoms with E-state index in [1.807, 2.05) is 0 Å². The third kappa shape index (κ3) is 5.51. The smallest absolute Gasteiger partial charge is 0.0945 e. The van der Waals surface area contributed by atoms with Crippen molar-refractivity contribution in [3.63, 3.8) is 0 Å². The number of anilines is 1. The number of benzene rings is 1. The van der Waals surface area contributed by atoms with Crippen molar-refractivity contribution < 1.29 is 9.84 Å². The SMILES string of the molecule is CCc1cccc(CC)c1NCC(O)COCC(C)C. The number of aryl methyl sites for hydroxylation is 2. The molecule has 0 aromatic heterocycles. The molecule has 0 fully saturated rings. The summed E-state index contributed by atoms with van der Waals surface area (Å²) in [7, 11) is 0. The number of aliphatic hydroxyl groups excluding tert-OH is 1. The number of para-hydroxylation sites is 1. The fraction of sp³-hybridized carbons (Fsp3) is 0.647. The number of aliphatic hydroxyl groups is 1. The summed E-state index contributed by atoms with van der Waals surface area (Å²) in [5.74, 6) is 0.502. The van der Waals surface area contributed by atoms with Gasteiger partial charge in [0.2, 0.25) is 0 Å². The minimum absolute atomic E-state index is 0.390. The minimum Gasteiger partial charge on any atom is -0.389 e. The van der Waals surface area contributed by atoms with E-state index < -0.39 is 6.10 Å². The van der Waals surface area contributed by atoms with Gasteiger partial charge < -0.3 is 15.2 Å². The topological polar surface area (TPSA) is 41.5 Å². The molecule has 0 bridgehead atoms. The molecule has 0 aliphatic rings. The van der Waals surface area contributed by atoms with Gasteiger partial charge >= 0.3 is 0 Å². The average molecular weight is 279 g/mol. The fourth-order valence-corrected chi connectivity index (χ4v) is 2.19. The predicted molar refractivity (Wildman–Crippen MR) is 85.4 cm³/mol. The Bertz CT molecular complexity index is 368. The summed E-state index contributed by atoms with van der Waals surface area (Å²) < 4.78 is 5.47. The maximum atomic E-state index is 9.96. The van der Waals surface area contributed by atoms with Crippen molar-refractivity contribution >= 4 is 5.69 Å². The average Bonchev–Trinajstić information content (AvgIpc) is 2.44. The van der Waals surface area contributed by atoms with Crippen molar-refractivity contribution in [1.82, 2.24) is 0 Å². The molecule has 0 amide bonds. The molecule has 1 aromatic rings. The molecule has 1 aromatic carbocycles. The maximum Gasteiger partial charge on any atom is 0.0945 e. The zero-order valence-electron chi connectivity index (χ0n) is 13.3. The van der Waals surface area contributed by atoms with Crippen molar-refractivity contribution in [2.75, 3.05) is 25.1 Å². The van der Waals surface area contributed by atoms with Gasteiger partial charge in [0.1, 0.15) is 0 Å². The van der Waals surface area contributed by atoms with Crippen LogP contribution in [0.5, 0.6) is 0 Å². The largest absolute Gasteiger partial charge is 0.389 e. The molecule has 2 N–H and O–H groups in total. The van der Waals surface area contributed by atoms with Crippen LogP contribution in [-0.2, 0) is 17.6 Å². The molecular weight excluding hydrogens is 250 g/mol. The van der Waals surface area contributed by atoms with Crippen molar-refractivity contribution in [1.29, 1.82) is 0 Å². The van der Waals surface area contributed by atoms with Crippen LogP contribution < -0.4 is 5.32 Å². The second kappa shape index (κ2) is 8.98. The van der Waals surface area contributed by atoms with Gasteiger partial charge in [-0.2, -0.15) is 0 Å². The van der Waals surface area contributed by atoms with Gasteiger partial charge in [-0.15, -0.1) is 0 Å².